The van der Waals surface area contributed by atoms with E-state index in [1.165, 1.54) is 29.8 Å². The van der Waals surface area contributed by atoms with Gasteiger partial charge in [-0.2, -0.15) is 0 Å². The third-order valence-electron chi connectivity index (χ3n) is 5.13. The minimum Gasteiger partial charge on any atom is -0.309 e. The first-order chi connectivity index (χ1) is 14.9. The Labute approximate surface area is 181 Å². The van der Waals surface area contributed by atoms with E-state index in [-0.39, 0.29) is 17.2 Å². The molecule has 3 aromatic rings. The van der Waals surface area contributed by atoms with Crippen LogP contribution in [0.4, 0.5) is 10.5 Å². The van der Waals surface area contributed by atoms with Crippen LogP contribution in [-0.4, -0.2) is 24.7 Å². The fourth-order valence-corrected chi connectivity index (χ4v) is 4.84. The number of anilines is 1. The van der Waals surface area contributed by atoms with Crippen molar-refractivity contribution in [3.8, 4) is 0 Å². The molecule has 3 aromatic carbocycles. The van der Waals surface area contributed by atoms with Crippen molar-refractivity contribution in [1.82, 2.24) is 10.4 Å². The fourth-order valence-electron chi connectivity index (χ4n) is 3.50. The van der Waals surface area contributed by atoms with Crippen molar-refractivity contribution >= 4 is 21.6 Å². The standard InChI is InChI=1S/C23H23N3O4S/c27-23(26(28)15-17-4-2-1-3-5-17)25-21-8-10-22(11-9-21)31(29,30)16-18-6-7-19-13-24-14-20(19)12-18/h1-12,24,28H,13-16H2,(H,25,27). The summed E-state index contributed by atoms with van der Waals surface area (Å²) in [4.78, 5) is 12.3. The summed E-state index contributed by atoms with van der Waals surface area (Å²) in [7, 11) is -3.53. The molecule has 1 aliphatic heterocycles. The van der Waals surface area contributed by atoms with E-state index >= 15 is 0 Å². The quantitative estimate of drug-likeness (QED) is 0.404. The first kappa shape index (κ1) is 21.0. The van der Waals surface area contributed by atoms with Crippen molar-refractivity contribution in [3.63, 3.8) is 0 Å². The highest BCUT2D eigenvalue weighted by Gasteiger charge is 2.18. The molecule has 4 rings (SSSR count). The van der Waals surface area contributed by atoms with Crippen LogP contribution in [0.5, 0.6) is 0 Å². The molecule has 0 unspecified atom stereocenters. The van der Waals surface area contributed by atoms with Gasteiger partial charge >= 0.3 is 6.03 Å². The average Bonchev–Trinajstić information content (AvgIpc) is 3.22. The number of carbonyl (C=O) groups is 1. The molecule has 3 N–H and O–H groups in total. The Morgan fingerprint density at radius 1 is 0.935 bits per heavy atom. The summed E-state index contributed by atoms with van der Waals surface area (Å²) < 4.78 is 25.6. The van der Waals surface area contributed by atoms with Gasteiger partial charge in [0.25, 0.3) is 0 Å². The second kappa shape index (κ2) is 8.89. The Morgan fingerprint density at radius 2 is 1.65 bits per heavy atom. The molecule has 0 atom stereocenters. The van der Waals surface area contributed by atoms with E-state index < -0.39 is 15.9 Å². The topological polar surface area (TPSA) is 98.7 Å². The van der Waals surface area contributed by atoms with Crippen molar-refractivity contribution in [1.29, 1.82) is 0 Å². The fraction of sp³-hybridized carbons (Fsp3) is 0.174. The average molecular weight is 438 g/mol. The molecule has 0 fully saturated rings. The number of sulfone groups is 1. The Bertz CT molecular complexity index is 1180. The highest BCUT2D eigenvalue weighted by atomic mass is 32.2. The zero-order valence-electron chi connectivity index (χ0n) is 16.8. The van der Waals surface area contributed by atoms with Gasteiger partial charge in [-0.1, -0.05) is 48.5 Å². The van der Waals surface area contributed by atoms with E-state index in [4.69, 9.17) is 0 Å². The minimum atomic E-state index is -3.53. The Morgan fingerprint density at radius 3 is 2.39 bits per heavy atom. The number of rotatable bonds is 6. The van der Waals surface area contributed by atoms with Gasteiger partial charge in [-0.25, -0.2) is 18.3 Å². The second-order valence-electron chi connectivity index (χ2n) is 7.46. The van der Waals surface area contributed by atoms with E-state index in [2.05, 4.69) is 10.6 Å². The summed E-state index contributed by atoms with van der Waals surface area (Å²) in [5, 5.41) is 16.3. The normalized spacial score (nSPS) is 12.9. The molecule has 31 heavy (non-hydrogen) atoms. The van der Waals surface area contributed by atoms with Gasteiger partial charge in [0.1, 0.15) is 0 Å². The molecule has 1 heterocycles. The number of hydrogen-bond donors (Lipinski definition) is 3. The molecule has 0 radical (unpaired) electrons. The second-order valence-corrected chi connectivity index (χ2v) is 9.45. The SMILES string of the molecule is O=C(Nc1ccc(S(=O)(=O)Cc2ccc3c(c2)CNC3)cc1)N(O)Cc1ccccc1. The van der Waals surface area contributed by atoms with Crippen LogP contribution in [-0.2, 0) is 35.2 Å². The van der Waals surface area contributed by atoms with Gasteiger partial charge in [0.2, 0.25) is 0 Å². The van der Waals surface area contributed by atoms with Crippen LogP contribution in [0.1, 0.15) is 22.3 Å². The van der Waals surface area contributed by atoms with Crippen LogP contribution in [0.25, 0.3) is 0 Å². The van der Waals surface area contributed by atoms with Gasteiger partial charge in [-0.3, -0.25) is 5.21 Å². The molecule has 0 spiro atoms. The van der Waals surface area contributed by atoms with Crippen LogP contribution in [0.2, 0.25) is 0 Å². The number of amides is 2. The molecule has 0 saturated heterocycles. The molecule has 7 nitrogen and oxygen atoms in total. The monoisotopic (exact) mass is 437 g/mol. The van der Waals surface area contributed by atoms with Crippen molar-refractivity contribution in [2.24, 2.45) is 0 Å². The molecule has 0 bridgehead atoms. The van der Waals surface area contributed by atoms with E-state index in [1.807, 2.05) is 36.4 Å². The van der Waals surface area contributed by atoms with Crippen LogP contribution >= 0.6 is 0 Å². The van der Waals surface area contributed by atoms with Crippen molar-refractivity contribution in [2.75, 3.05) is 5.32 Å². The maximum atomic E-state index is 12.8. The molecular weight excluding hydrogens is 414 g/mol. The number of nitrogens with zero attached hydrogens (tertiary/aromatic N) is 1. The molecule has 1 aliphatic rings. The lowest BCUT2D eigenvalue weighted by Crippen LogP contribution is -2.31. The zero-order chi connectivity index (χ0) is 21.8. The summed E-state index contributed by atoms with van der Waals surface area (Å²) in [6, 6.07) is 20.1. The third-order valence-corrected chi connectivity index (χ3v) is 6.84. The number of carbonyl (C=O) groups excluding carboxylic acids is 1. The maximum absolute atomic E-state index is 12.8. The van der Waals surface area contributed by atoms with Gasteiger partial charge in [0.15, 0.2) is 9.84 Å². The predicted octanol–water partition coefficient (Wildman–Crippen LogP) is 3.69. The van der Waals surface area contributed by atoms with E-state index in [9.17, 15) is 18.4 Å². The van der Waals surface area contributed by atoms with Crippen LogP contribution in [0, 0.1) is 0 Å². The van der Waals surface area contributed by atoms with Crippen LogP contribution in [0.3, 0.4) is 0 Å². The maximum Gasteiger partial charge on any atom is 0.345 e. The van der Waals surface area contributed by atoms with Gasteiger partial charge < -0.3 is 10.6 Å². The Kier molecular flexibility index (Phi) is 6.03. The summed E-state index contributed by atoms with van der Waals surface area (Å²) in [5.41, 5.74) is 4.25. The summed E-state index contributed by atoms with van der Waals surface area (Å²) in [6.45, 7) is 1.60. The molecular formula is C23H23N3O4S. The van der Waals surface area contributed by atoms with Gasteiger partial charge in [0, 0.05) is 18.8 Å². The van der Waals surface area contributed by atoms with E-state index in [0.717, 1.165) is 29.8 Å². The van der Waals surface area contributed by atoms with Gasteiger partial charge in [0.05, 0.1) is 17.2 Å². The smallest absolute Gasteiger partial charge is 0.309 e. The summed E-state index contributed by atoms with van der Waals surface area (Å²) >= 11 is 0. The molecule has 8 heteroatoms. The number of nitrogens with one attached hydrogen (secondary N) is 2. The molecule has 0 saturated carbocycles. The predicted molar refractivity (Wildman–Crippen MR) is 117 cm³/mol. The van der Waals surface area contributed by atoms with E-state index in [1.54, 1.807) is 12.1 Å². The van der Waals surface area contributed by atoms with E-state index in [0.29, 0.717) is 10.8 Å². The first-order valence-corrected chi connectivity index (χ1v) is 11.5. The number of hydroxylamine groups is 2. The highest BCUT2D eigenvalue weighted by Crippen LogP contribution is 2.22. The van der Waals surface area contributed by atoms with Gasteiger partial charge in [-0.15, -0.1) is 0 Å². The lowest BCUT2D eigenvalue weighted by atomic mass is 10.1. The Balaban J connectivity index is 1.39. The third kappa shape index (κ3) is 5.11. The Hall–Kier alpha value is -3.20. The minimum absolute atomic E-state index is 0.0371. The number of fused-ring (bicyclic) bond motifs is 1. The van der Waals surface area contributed by atoms with Gasteiger partial charge in [-0.05, 0) is 46.5 Å². The number of urea groups is 1. The lowest BCUT2D eigenvalue weighted by molar-refractivity contribution is -0.0449. The van der Waals surface area contributed by atoms with Crippen molar-refractivity contribution < 1.29 is 18.4 Å². The lowest BCUT2D eigenvalue weighted by Gasteiger charge is -2.16. The number of benzene rings is 3. The van der Waals surface area contributed by atoms with Crippen LogP contribution in [0.15, 0.2) is 77.7 Å². The molecule has 2 amide bonds. The first-order valence-electron chi connectivity index (χ1n) is 9.86. The van der Waals surface area contributed by atoms with Crippen LogP contribution < -0.4 is 10.6 Å². The largest absolute Gasteiger partial charge is 0.345 e. The molecule has 160 valence electrons. The summed E-state index contributed by atoms with van der Waals surface area (Å²) in [6.07, 6.45) is 0. The molecule has 0 aromatic heterocycles. The van der Waals surface area contributed by atoms with Crippen molar-refractivity contribution in [3.05, 3.63) is 95.1 Å². The highest BCUT2D eigenvalue weighted by molar-refractivity contribution is 7.90. The summed E-state index contributed by atoms with van der Waals surface area (Å²) in [5.74, 6) is -0.0898. The van der Waals surface area contributed by atoms with Crippen molar-refractivity contribution in [2.45, 2.75) is 30.3 Å². The number of hydrogen-bond acceptors (Lipinski definition) is 5. The molecule has 0 aliphatic carbocycles. The zero-order valence-corrected chi connectivity index (χ0v) is 17.6.